The van der Waals surface area contributed by atoms with Crippen LogP contribution >= 0.6 is 0 Å². The smallest absolute Gasteiger partial charge is 0.0419 e. The number of nitrogen functional groups attached to an aromatic ring is 1. The van der Waals surface area contributed by atoms with E-state index >= 15 is 0 Å². The first-order valence-electron chi connectivity index (χ1n) is 6.45. The molecule has 0 saturated carbocycles. The first-order valence-corrected chi connectivity index (χ1v) is 6.45. The van der Waals surface area contributed by atoms with Crippen molar-refractivity contribution in [2.45, 2.75) is 19.3 Å². The monoisotopic (exact) mass is 233 g/mol. The number of fused-ring (bicyclic) bond motifs is 1. The normalized spacial score (nSPS) is 15.1. The number of hydrogen-bond donors (Lipinski definition) is 1. The van der Waals surface area contributed by atoms with Crippen molar-refractivity contribution in [2.24, 2.45) is 0 Å². The van der Waals surface area contributed by atoms with Gasteiger partial charge in [0.2, 0.25) is 0 Å². The topological polar surface area (TPSA) is 32.5 Å². The average molecular weight is 233 g/mol. The Kier molecular flexibility index (Phi) is 3.89. The van der Waals surface area contributed by atoms with Gasteiger partial charge in [-0.2, -0.15) is 0 Å². The zero-order valence-corrected chi connectivity index (χ0v) is 10.9. The molecule has 94 valence electrons. The Morgan fingerprint density at radius 3 is 2.94 bits per heavy atom. The molecular formula is C14H23N3. The molecular weight excluding hydrogens is 210 g/mol. The van der Waals surface area contributed by atoms with Gasteiger partial charge in [0, 0.05) is 24.5 Å². The summed E-state index contributed by atoms with van der Waals surface area (Å²) in [7, 11) is 4.25. The van der Waals surface area contributed by atoms with Crippen molar-refractivity contribution < 1.29 is 0 Å². The molecule has 0 fully saturated rings. The zero-order chi connectivity index (χ0) is 12.3. The Hall–Kier alpha value is -1.22. The number of nitrogens with two attached hydrogens (primary N) is 1. The average Bonchev–Trinajstić information content (AvgIpc) is 2.30. The molecule has 2 rings (SSSR count). The summed E-state index contributed by atoms with van der Waals surface area (Å²) in [6.07, 6.45) is 3.57. The fourth-order valence-electron chi connectivity index (χ4n) is 2.54. The molecule has 0 aliphatic carbocycles. The molecule has 3 heteroatoms. The molecule has 0 spiro atoms. The number of nitrogens with zero attached hydrogens (tertiary/aromatic N) is 2. The Morgan fingerprint density at radius 1 is 1.35 bits per heavy atom. The minimum absolute atomic E-state index is 0.958. The lowest BCUT2D eigenvalue weighted by Crippen LogP contribution is -2.32. The predicted molar refractivity (Wildman–Crippen MR) is 74.6 cm³/mol. The minimum atomic E-state index is 0.958. The molecule has 0 aromatic heterocycles. The van der Waals surface area contributed by atoms with Crippen molar-refractivity contribution >= 4 is 11.4 Å². The van der Waals surface area contributed by atoms with Crippen molar-refractivity contribution in [3.05, 3.63) is 23.8 Å². The van der Waals surface area contributed by atoms with Gasteiger partial charge in [-0.05, 0) is 57.6 Å². The summed E-state index contributed by atoms with van der Waals surface area (Å²) < 4.78 is 0. The minimum Gasteiger partial charge on any atom is -0.398 e. The molecule has 1 aromatic rings. The van der Waals surface area contributed by atoms with E-state index in [0.29, 0.717) is 0 Å². The number of anilines is 2. The first-order chi connectivity index (χ1) is 8.18. The third kappa shape index (κ3) is 2.91. The van der Waals surface area contributed by atoms with Crippen molar-refractivity contribution in [3.8, 4) is 0 Å². The van der Waals surface area contributed by atoms with E-state index in [9.17, 15) is 0 Å². The highest BCUT2D eigenvalue weighted by Crippen LogP contribution is 2.31. The summed E-state index contributed by atoms with van der Waals surface area (Å²) in [5.74, 6) is 0. The van der Waals surface area contributed by atoms with Gasteiger partial charge in [0.15, 0.2) is 0 Å². The van der Waals surface area contributed by atoms with E-state index in [-0.39, 0.29) is 0 Å². The van der Waals surface area contributed by atoms with Crippen LogP contribution in [0.25, 0.3) is 0 Å². The molecule has 1 aliphatic heterocycles. The highest BCUT2D eigenvalue weighted by molar-refractivity contribution is 5.66. The molecule has 2 N–H and O–H groups in total. The van der Waals surface area contributed by atoms with Gasteiger partial charge in [0.05, 0.1) is 0 Å². The summed E-state index contributed by atoms with van der Waals surface area (Å²) in [5, 5.41) is 0. The zero-order valence-electron chi connectivity index (χ0n) is 10.9. The Labute approximate surface area is 104 Å². The largest absolute Gasteiger partial charge is 0.398 e. The van der Waals surface area contributed by atoms with E-state index < -0.39 is 0 Å². The fraction of sp³-hybridized carbons (Fsp3) is 0.571. The molecule has 0 amide bonds. The highest BCUT2D eigenvalue weighted by atomic mass is 15.1. The van der Waals surface area contributed by atoms with Crippen LogP contribution in [0.5, 0.6) is 0 Å². The van der Waals surface area contributed by atoms with Gasteiger partial charge in [-0.3, -0.25) is 0 Å². The summed E-state index contributed by atoms with van der Waals surface area (Å²) in [6, 6.07) is 6.29. The number of rotatable bonds is 4. The highest BCUT2D eigenvalue weighted by Gasteiger charge is 2.17. The van der Waals surface area contributed by atoms with Crippen LogP contribution in [0.1, 0.15) is 18.4 Å². The van der Waals surface area contributed by atoms with E-state index in [4.69, 9.17) is 5.73 Å². The van der Waals surface area contributed by atoms with Gasteiger partial charge >= 0.3 is 0 Å². The summed E-state index contributed by atoms with van der Waals surface area (Å²) in [4.78, 5) is 4.73. The molecule has 0 bridgehead atoms. The standard InChI is InChI=1S/C14H23N3/c1-16(2)9-5-11-17-10-4-6-12-13(15)7-3-8-14(12)17/h3,7-8H,4-6,9-11,15H2,1-2H3. The summed E-state index contributed by atoms with van der Waals surface area (Å²) in [5.41, 5.74) is 9.71. The maximum absolute atomic E-state index is 6.05. The number of hydrogen-bond acceptors (Lipinski definition) is 3. The van der Waals surface area contributed by atoms with Crippen molar-refractivity contribution in [2.75, 3.05) is 44.4 Å². The number of benzene rings is 1. The van der Waals surface area contributed by atoms with Gasteiger partial charge < -0.3 is 15.5 Å². The third-order valence-corrected chi connectivity index (χ3v) is 3.42. The van der Waals surface area contributed by atoms with Crippen LogP contribution in [0, 0.1) is 0 Å². The lowest BCUT2D eigenvalue weighted by Gasteiger charge is -2.32. The van der Waals surface area contributed by atoms with E-state index in [1.807, 2.05) is 6.07 Å². The van der Waals surface area contributed by atoms with E-state index in [0.717, 1.165) is 25.2 Å². The van der Waals surface area contributed by atoms with Crippen LogP contribution in [0.2, 0.25) is 0 Å². The van der Waals surface area contributed by atoms with Crippen LogP contribution in [0.4, 0.5) is 11.4 Å². The van der Waals surface area contributed by atoms with Gasteiger partial charge in [0.1, 0.15) is 0 Å². The first kappa shape index (κ1) is 12.2. The molecule has 0 unspecified atom stereocenters. The van der Waals surface area contributed by atoms with Crippen LogP contribution in [-0.2, 0) is 6.42 Å². The Morgan fingerprint density at radius 2 is 2.18 bits per heavy atom. The molecule has 0 atom stereocenters. The fourth-order valence-corrected chi connectivity index (χ4v) is 2.54. The molecule has 0 saturated heterocycles. The Bertz CT molecular complexity index is 374. The van der Waals surface area contributed by atoms with E-state index in [1.54, 1.807) is 0 Å². The van der Waals surface area contributed by atoms with Crippen LogP contribution in [0.15, 0.2) is 18.2 Å². The third-order valence-electron chi connectivity index (χ3n) is 3.42. The van der Waals surface area contributed by atoms with Gasteiger partial charge in [0.25, 0.3) is 0 Å². The molecule has 0 radical (unpaired) electrons. The van der Waals surface area contributed by atoms with Gasteiger partial charge in [-0.25, -0.2) is 0 Å². The second-order valence-electron chi connectivity index (χ2n) is 5.09. The van der Waals surface area contributed by atoms with E-state index in [1.165, 1.54) is 30.6 Å². The maximum atomic E-state index is 6.05. The van der Waals surface area contributed by atoms with Gasteiger partial charge in [-0.15, -0.1) is 0 Å². The van der Waals surface area contributed by atoms with E-state index in [2.05, 4.69) is 36.0 Å². The summed E-state index contributed by atoms with van der Waals surface area (Å²) in [6.45, 7) is 3.45. The lowest BCUT2D eigenvalue weighted by atomic mass is 10.00. The Balaban J connectivity index is 2.04. The van der Waals surface area contributed by atoms with Crippen molar-refractivity contribution in [1.29, 1.82) is 0 Å². The molecule has 1 heterocycles. The van der Waals surface area contributed by atoms with Gasteiger partial charge in [-0.1, -0.05) is 6.07 Å². The van der Waals surface area contributed by atoms with Crippen LogP contribution < -0.4 is 10.6 Å². The molecule has 3 nitrogen and oxygen atoms in total. The SMILES string of the molecule is CN(C)CCCN1CCCc2c(N)cccc21. The second kappa shape index (κ2) is 5.41. The van der Waals surface area contributed by atoms with Crippen LogP contribution in [0.3, 0.4) is 0 Å². The van der Waals surface area contributed by atoms with Crippen LogP contribution in [-0.4, -0.2) is 38.6 Å². The van der Waals surface area contributed by atoms with Crippen molar-refractivity contribution in [1.82, 2.24) is 4.90 Å². The molecule has 17 heavy (non-hydrogen) atoms. The molecule has 1 aromatic carbocycles. The maximum Gasteiger partial charge on any atom is 0.0419 e. The lowest BCUT2D eigenvalue weighted by molar-refractivity contribution is 0.399. The summed E-state index contributed by atoms with van der Waals surface area (Å²) >= 11 is 0. The van der Waals surface area contributed by atoms with Crippen molar-refractivity contribution in [3.63, 3.8) is 0 Å². The quantitative estimate of drug-likeness (QED) is 0.807. The molecule has 1 aliphatic rings. The second-order valence-corrected chi connectivity index (χ2v) is 5.09. The predicted octanol–water partition coefficient (Wildman–Crippen LogP) is 1.97.